The molecule has 4 rings (SSSR count). The van der Waals surface area contributed by atoms with E-state index in [9.17, 15) is 0 Å². The van der Waals surface area contributed by atoms with Crippen LogP contribution < -0.4 is 5.32 Å². The van der Waals surface area contributed by atoms with Crippen LogP contribution in [0.5, 0.6) is 0 Å². The monoisotopic (exact) mass is 263 g/mol. The van der Waals surface area contributed by atoms with Crippen LogP contribution in [0, 0.1) is 17.8 Å². The second-order valence-corrected chi connectivity index (χ2v) is 6.25. The zero-order chi connectivity index (χ0) is 12.7. The molecule has 2 saturated carbocycles. The Labute approximate surface area is 113 Å². The van der Waals surface area contributed by atoms with Gasteiger partial charge in [-0.15, -0.1) is 0 Å². The highest BCUT2D eigenvalue weighted by Crippen LogP contribution is 2.49. The number of nitrogens with zero attached hydrogens (tertiary/aromatic N) is 2. The third kappa shape index (κ3) is 2.30. The number of aromatic nitrogens is 2. The van der Waals surface area contributed by atoms with E-state index >= 15 is 0 Å². The van der Waals surface area contributed by atoms with Crippen LogP contribution >= 0.6 is 0 Å². The minimum Gasteiger partial charge on any atom is -0.367 e. The summed E-state index contributed by atoms with van der Waals surface area (Å²) in [5, 5.41) is 7.38. The summed E-state index contributed by atoms with van der Waals surface area (Å²) >= 11 is 0. The average Bonchev–Trinajstić information content (AvgIpc) is 3.16. The SMILES string of the molecule is C1COC(c2noc(CC3CC4CCC3C4)n2)CN1. The van der Waals surface area contributed by atoms with E-state index in [2.05, 4.69) is 15.5 Å². The molecule has 5 heteroatoms. The first-order chi connectivity index (χ1) is 9.38. The molecule has 2 aliphatic carbocycles. The van der Waals surface area contributed by atoms with Crippen molar-refractivity contribution in [3.63, 3.8) is 0 Å². The Morgan fingerprint density at radius 1 is 1.26 bits per heavy atom. The van der Waals surface area contributed by atoms with E-state index in [1.807, 2.05) is 0 Å². The van der Waals surface area contributed by atoms with Crippen LogP contribution in [-0.2, 0) is 11.2 Å². The number of hydrogen-bond acceptors (Lipinski definition) is 5. The molecule has 3 aliphatic rings. The highest BCUT2D eigenvalue weighted by atomic mass is 16.5. The third-order valence-corrected chi connectivity index (χ3v) is 5.02. The number of morpholine rings is 1. The van der Waals surface area contributed by atoms with Crippen molar-refractivity contribution < 1.29 is 9.26 Å². The maximum absolute atomic E-state index is 5.65. The molecule has 19 heavy (non-hydrogen) atoms. The van der Waals surface area contributed by atoms with E-state index in [0.717, 1.165) is 49.8 Å². The summed E-state index contributed by atoms with van der Waals surface area (Å²) in [5.74, 6) is 4.18. The minimum absolute atomic E-state index is 0.0359. The van der Waals surface area contributed by atoms with Crippen molar-refractivity contribution in [1.82, 2.24) is 15.5 Å². The van der Waals surface area contributed by atoms with E-state index in [0.29, 0.717) is 5.82 Å². The predicted octanol–water partition coefficient (Wildman–Crippen LogP) is 1.71. The van der Waals surface area contributed by atoms with Gasteiger partial charge in [-0.2, -0.15) is 4.98 Å². The van der Waals surface area contributed by atoms with Crippen molar-refractivity contribution in [2.45, 2.75) is 38.2 Å². The molecule has 1 aromatic heterocycles. The van der Waals surface area contributed by atoms with Crippen molar-refractivity contribution in [3.05, 3.63) is 11.7 Å². The molecule has 1 saturated heterocycles. The second-order valence-electron chi connectivity index (χ2n) is 6.25. The van der Waals surface area contributed by atoms with Gasteiger partial charge in [-0.25, -0.2) is 0 Å². The van der Waals surface area contributed by atoms with Crippen molar-refractivity contribution in [3.8, 4) is 0 Å². The fraction of sp³-hybridized carbons (Fsp3) is 0.857. The van der Waals surface area contributed by atoms with Crippen molar-refractivity contribution in [2.24, 2.45) is 17.8 Å². The lowest BCUT2D eigenvalue weighted by Crippen LogP contribution is -2.33. The van der Waals surface area contributed by atoms with Gasteiger partial charge in [0.25, 0.3) is 0 Å². The van der Waals surface area contributed by atoms with Crippen LogP contribution in [-0.4, -0.2) is 29.8 Å². The maximum atomic E-state index is 5.65. The molecule has 2 heterocycles. The molecule has 1 N–H and O–H groups in total. The molecule has 0 radical (unpaired) electrons. The quantitative estimate of drug-likeness (QED) is 0.899. The highest BCUT2D eigenvalue weighted by Gasteiger charge is 2.40. The summed E-state index contributed by atoms with van der Waals surface area (Å²) in [6.45, 7) is 2.42. The summed E-state index contributed by atoms with van der Waals surface area (Å²) in [5.41, 5.74) is 0. The summed E-state index contributed by atoms with van der Waals surface area (Å²) in [6.07, 6.45) is 6.58. The van der Waals surface area contributed by atoms with Crippen LogP contribution in [0.25, 0.3) is 0 Å². The van der Waals surface area contributed by atoms with Crippen LogP contribution in [0.15, 0.2) is 4.52 Å². The lowest BCUT2D eigenvalue weighted by Gasteiger charge is -2.20. The van der Waals surface area contributed by atoms with Gasteiger partial charge in [0.15, 0.2) is 0 Å². The molecule has 2 bridgehead atoms. The van der Waals surface area contributed by atoms with Crippen molar-refractivity contribution in [1.29, 1.82) is 0 Å². The predicted molar refractivity (Wildman–Crippen MR) is 68.5 cm³/mol. The van der Waals surface area contributed by atoms with Gasteiger partial charge in [0, 0.05) is 19.5 Å². The number of rotatable bonds is 3. The van der Waals surface area contributed by atoms with Crippen LogP contribution in [0.1, 0.15) is 43.5 Å². The normalized spacial score (nSPS) is 37.9. The molecule has 4 unspecified atom stereocenters. The van der Waals surface area contributed by atoms with Gasteiger partial charge in [0.05, 0.1) is 6.61 Å². The Kier molecular flexibility index (Phi) is 3.04. The summed E-state index contributed by atoms with van der Waals surface area (Å²) in [7, 11) is 0. The second kappa shape index (κ2) is 4.87. The first-order valence-corrected chi connectivity index (χ1v) is 7.53. The highest BCUT2D eigenvalue weighted by molar-refractivity contribution is 4.98. The van der Waals surface area contributed by atoms with Gasteiger partial charge in [0.1, 0.15) is 6.10 Å². The Morgan fingerprint density at radius 2 is 2.26 bits per heavy atom. The Hall–Kier alpha value is -0.940. The summed E-state index contributed by atoms with van der Waals surface area (Å²) in [4.78, 5) is 4.54. The minimum atomic E-state index is -0.0359. The van der Waals surface area contributed by atoms with Crippen LogP contribution in [0.4, 0.5) is 0 Å². The van der Waals surface area contributed by atoms with Crippen molar-refractivity contribution in [2.75, 3.05) is 19.7 Å². The van der Waals surface area contributed by atoms with Gasteiger partial charge >= 0.3 is 0 Å². The lowest BCUT2D eigenvalue weighted by molar-refractivity contribution is 0.0208. The molecule has 0 amide bonds. The summed E-state index contributed by atoms with van der Waals surface area (Å²) < 4.78 is 11.1. The molecular weight excluding hydrogens is 242 g/mol. The van der Waals surface area contributed by atoms with E-state index in [-0.39, 0.29) is 6.10 Å². The number of ether oxygens (including phenoxy) is 1. The first-order valence-electron chi connectivity index (χ1n) is 7.53. The van der Waals surface area contributed by atoms with Crippen LogP contribution in [0.3, 0.4) is 0 Å². The fourth-order valence-corrected chi connectivity index (χ4v) is 4.06. The maximum Gasteiger partial charge on any atom is 0.227 e. The standard InChI is InChI=1S/C14H21N3O2/c1-2-10-5-9(1)6-11(10)7-13-16-14(17-19-13)12-8-15-3-4-18-12/h9-12,15H,1-8H2. The van der Waals surface area contributed by atoms with Crippen LogP contribution in [0.2, 0.25) is 0 Å². The zero-order valence-electron chi connectivity index (χ0n) is 11.2. The van der Waals surface area contributed by atoms with Gasteiger partial charge in [-0.3, -0.25) is 0 Å². The van der Waals surface area contributed by atoms with Gasteiger partial charge in [-0.05, 0) is 37.0 Å². The smallest absolute Gasteiger partial charge is 0.227 e. The molecule has 3 fully saturated rings. The topological polar surface area (TPSA) is 60.2 Å². The fourth-order valence-electron chi connectivity index (χ4n) is 4.06. The largest absolute Gasteiger partial charge is 0.367 e. The Balaban J connectivity index is 1.40. The first kappa shape index (κ1) is 11.9. The van der Waals surface area contributed by atoms with Gasteiger partial charge in [-0.1, -0.05) is 11.6 Å². The van der Waals surface area contributed by atoms with E-state index < -0.39 is 0 Å². The van der Waals surface area contributed by atoms with Gasteiger partial charge < -0.3 is 14.6 Å². The lowest BCUT2D eigenvalue weighted by atomic mass is 9.86. The molecule has 4 atom stereocenters. The van der Waals surface area contributed by atoms with Crippen molar-refractivity contribution >= 4 is 0 Å². The third-order valence-electron chi connectivity index (χ3n) is 5.02. The summed E-state index contributed by atoms with van der Waals surface area (Å²) in [6, 6.07) is 0. The zero-order valence-corrected chi connectivity index (χ0v) is 11.2. The van der Waals surface area contributed by atoms with E-state index in [1.165, 1.54) is 25.7 Å². The van der Waals surface area contributed by atoms with E-state index in [1.54, 1.807) is 0 Å². The average molecular weight is 263 g/mol. The molecule has 1 aliphatic heterocycles. The molecule has 0 spiro atoms. The molecule has 5 nitrogen and oxygen atoms in total. The molecule has 104 valence electrons. The number of hydrogen-bond donors (Lipinski definition) is 1. The van der Waals surface area contributed by atoms with E-state index in [4.69, 9.17) is 9.26 Å². The molecule has 1 aromatic rings. The Bertz CT molecular complexity index is 442. The number of nitrogens with one attached hydrogen (secondary N) is 1. The number of fused-ring (bicyclic) bond motifs is 2. The Morgan fingerprint density at radius 3 is 3.00 bits per heavy atom. The molecule has 0 aromatic carbocycles. The molecular formula is C14H21N3O2. The van der Waals surface area contributed by atoms with Gasteiger partial charge in [0.2, 0.25) is 11.7 Å².